The Labute approximate surface area is 174 Å². The van der Waals surface area contributed by atoms with Gasteiger partial charge in [0.05, 0.1) is 4.88 Å². The van der Waals surface area contributed by atoms with E-state index < -0.39 is 22.5 Å². The number of alkyl carbamates (subject to hydrolysis) is 1. The number of carbonyl (C=O) groups is 2. The Balaban J connectivity index is 2.22. The first kappa shape index (κ1) is 22.4. The Bertz CT molecular complexity index is 814. The second-order valence-electron chi connectivity index (χ2n) is 7.94. The Morgan fingerprint density at radius 1 is 1.18 bits per heavy atom. The maximum atomic E-state index is 13.2. The van der Waals surface area contributed by atoms with Crippen molar-refractivity contribution < 1.29 is 14.3 Å². The van der Waals surface area contributed by atoms with Crippen LogP contribution in [0.3, 0.4) is 0 Å². The number of carbonyl (C=O) groups excluding carboxylic acids is 2. The number of benzene rings is 1. The number of nitrogens with zero attached hydrogens (tertiary/aromatic N) is 2. The molecule has 0 aliphatic rings. The van der Waals surface area contributed by atoms with Crippen LogP contribution in [0.15, 0.2) is 30.3 Å². The van der Waals surface area contributed by atoms with Crippen molar-refractivity contribution in [1.82, 2.24) is 14.9 Å². The molecule has 8 heteroatoms. The third-order valence-corrected chi connectivity index (χ3v) is 6.15. The molecule has 1 heterocycles. The van der Waals surface area contributed by atoms with Gasteiger partial charge in [-0.05, 0) is 52.4 Å². The minimum atomic E-state index is -0.705. The number of rotatable bonds is 7. The van der Waals surface area contributed by atoms with Crippen LogP contribution in [0.5, 0.6) is 0 Å². The second kappa shape index (κ2) is 9.05. The summed E-state index contributed by atoms with van der Waals surface area (Å²) in [5.74, 6) is -0.103. The van der Waals surface area contributed by atoms with Crippen LogP contribution in [0, 0.1) is 0 Å². The number of amides is 1. The molecule has 1 amide bonds. The lowest BCUT2D eigenvalue weighted by atomic mass is 9.95. The number of aromatic nitrogens is 2. The smallest absolute Gasteiger partial charge is 0.408 e. The van der Waals surface area contributed by atoms with Crippen molar-refractivity contribution in [3.8, 4) is 11.3 Å². The third kappa shape index (κ3) is 6.04. The third-order valence-electron chi connectivity index (χ3n) is 4.14. The molecular formula is C20H27N3O3S2. The van der Waals surface area contributed by atoms with Crippen molar-refractivity contribution in [2.24, 2.45) is 0 Å². The van der Waals surface area contributed by atoms with Gasteiger partial charge >= 0.3 is 6.09 Å². The first-order chi connectivity index (χ1) is 13.0. The highest BCUT2D eigenvalue weighted by Crippen LogP contribution is 2.29. The minimum Gasteiger partial charge on any atom is -0.444 e. The molecule has 0 unspecified atom stereocenters. The van der Waals surface area contributed by atoms with Gasteiger partial charge in [-0.15, -0.1) is 5.10 Å². The lowest BCUT2D eigenvalue weighted by Gasteiger charge is -2.33. The van der Waals surface area contributed by atoms with Crippen LogP contribution in [0.25, 0.3) is 11.3 Å². The summed E-state index contributed by atoms with van der Waals surface area (Å²) in [6.07, 6.45) is 1.46. The fraction of sp³-hybridized carbons (Fsp3) is 0.500. The lowest BCUT2D eigenvalue weighted by molar-refractivity contribution is -0.121. The molecule has 0 radical (unpaired) electrons. The molecule has 28 heavy (non-hydrogen) atoms. The lowest BCUT2D eigenvalue weighted by Crippen LogP contribution is -2.53. The molecule has 6 nitrogen and oxygen atoms in total. The number of hydrogen-bond acceptors (Lipinski definition) is 7. The highest BCUT2D eigenvalue weighted by Gasteiger charge is 2.37. The van der Waals surface area contributed by atoms with Crippen molar-refractivity contribution >= 4 is 35.2 Å². The van der Waals surface area contributed by atoms with E-state index >= 15 is 0 Å². The summed E-state index contributed by atoms with van der Waals surface area (Å²) in [6.45, 7) is 9.23. The number of ketones is 1. The van der Waals surface area contributed by atoms with Crippen LogP contribution in [0.1, 0.15) is 39.5 Å². The molecule has 0 spiro atoms. The van der Waals surface area contributed by atoms with Crippen LogP contribution in [0.4, 0.5) is 4.79 Å². The molecule has 152 valence electrons. The Kier molecular flexibility index (Phi) is 7.22. The van der Waals surface area contributed by atoms with E-state index in [1.165, 1.54) is 23.3 Å². The molecule has 0 aliphatic carbocycles. The largest absolute Gasteiger partial charge is 0.444 e. The van der Waals surface area contributed by atoms with E-state index in [1.807, 2.05) is 50.4 Å². The predicted molar refractivity (Wildman–Crippen MR) is 115 cm³/mol. The van der Waals surface area contributed by atoms with Gasteiger partial charge < -0.3 is 10.1 Å². The summed E-state index contributed by atoms with van der Waals surface area (Å²) in [7, 11) is 0. The average Bonchev–Trinajstić information content (AvgIpc) is 3.06. The first-order valence-corrected chi connectivity index (χ1v) is 11.0. The fourth-order valence-corrected chi connectivity index (χ4v) is 3.68. The summed E-state index contributed by atoms with van der Waals surface area (Å²) >= 11 is 2.72. The number of nitrogens with one attached hydrogen (secondary N) is 1. The van der Waals surface area contributed by atoms with E-state index in [0.717, 1.165) is 10.4 Å². The Morgan fingerprint density at radius 2 is 1.82 bits per heavy atom. The van der Waals surface area contributed by atoms with Crippen LogP contribution in [-0.2, 0) is 16.0 Å². The van der Waals surface area contributed by atoms with Crippen LogP contribution in [-0.4, -0.2) is 44.1 Å². The summed E-state index contributed by atoms with van der Waals surface area (Å²) in [6, 6.07) is 8.94. The normalized spacial score (nSPS) is 13.1. The van der Waals surface area contributed by atoms with Gasteiger partial charge in [-0.1, -0.05) is 34.8 Å². The summed E-state index contributed by atoms with van der Waals surface area (Å²) in [5.41, 5.74) is 0.986. The molecule has 0 saturated carbocycles. The molecule has 1 aromatic carbocycles. The Morgan fingerprint density at radius 3 is 2.39 bits per heavy atom. The maximum Gasteiger partial charge on any atom is 0.408 e. The number of thioether (sulfide) groups is 1. The average molecular weight is 422 g/mol. The molecule has 0 aliphatic heterocycles. The van der Waals surface area contributed by atoms with Crippen molar-refractivity contribution in [1.29, 1.82) is 0 Å². The van der Waals surface area contributed by atoms with Crippen molar-refractivity contribution in [2.75, 3.05) is 6.26 Å². The zero-order valence-electron chi connectivity index (χ0n) is 17.1. The molecule has 0 saturated heterocycles. The van der Waals surface area contributed by atoms with E-state index in [4.69, 9.17) is 4.74 Å². The van der Waals surface area contributed by atoms with E-state index in [-0.39, 0.29) is 12.2 Å². The van der Waals surface area contributed by atoms with Crippen molar-refractivity contribution in [3.05, 3.63) is 35.2 Å². The molecule has 1 atom stereocenters. The van der Waals surface area contributed by atoms with E-state index in [2.05, 4.69) is 14.9 Å². The standard InChI is InChI=1S/C20H27N3O3S2/c1-19(2,3)26-18(25)21-17(20(4,5)27-6)14(24)12-15-16(22-23-28-15)13-10-8-7-9-11-13/h7-11,17H,12H2,1-6H3,(H,21,25)/t17-/m1/s1. The van der Waals surface area contributed by atoms with Gasteiger partial charge in [0.15, 0.2) is 5.78 Å². The minimum absolute atomic E-state index is 0.103. The molecule has 2 aromatic rings. The van der Waals surface area contributed by atoms with Gasteiger partial charge in [0, 0.05) is 16.7 Å². The van der Waals surface area contributed by atoms with E-state index in [0.29, 0.717) is 5.69 Å². The van der Waals surface area contributed by atoms with Crippen LogP contribution < -0.4 is 5.32 Å². The SMILES string of the molecule is CSC(C)(C)[C@H](NC(=O)OC(C)(C)C)C(=O)Cc1snnc1-c1ccccc1. The maximum absolute atomic E-state index is 13.2. The summed E-state index contributed by atoms with van der Waals surface area (Å²) < 4.78 is 8.88. The number of ether oxygens (including phenoxy) is 1. The van der Waals surface area contributed by atoms with Gasteiger partial charge in [0.2, 0.25) is 0 Å². The van der Waals surface area contributed by atoms with E-state index in [9.17, 15) is 9.59 Å². The highest BCUT2D eigenvalue weighted by atomic mass is 32.2. The monoisotopic (exact) mass is 421 g/mol. The molecule has 2 rings (SSSR count). The van der Waals surface area contributed by atoms with Crippen molar-refractivity contribution in [3.63, 3.8) is 0 Å². The van der Waals surface area contributed by atoms with Gasteiger partial charge in [-0.2, -0.15) is 11.8 Å². The van der Waals surface area contributed by atoms with Gasteiger partial charge in [0.1, 0.15) is 17.3 Å². The van der Waals surface area contributed by atoms with Crippen LogP contribution in [0.2, 0.25) is 0 Å². The molecular weight excluding hydrogens is 394 g/mol. The molecule has 0 bridgehead atoms. The van der Waals surface area contributed by atoms with Gasteiger partial charge in [-0.25, -0.2) is 4.79 Å². The van der Waals surface area contributed by atoms with Crippen molar-refractivity contribution in [2.45, 2.75) is 57.4 Å². The molecule has 1 N–H and O–H groups in total. The van der Waals surface area contributed by atoms with E-state index in [1.54, 1.807) is 20.8 Å². The second-order valence-corrected chi connectivity index (χ2v) is 10.2. The van der Waals surface area contributed by atoms with Gasteiger partial charge in [0.25, 0.3) is 0 Å². The fourth-order valence-electron chi connectivity index (χ4n) is 2.59. The van der Waals surface area contributed by atoms with Gasteiger partial charge in [-0.3, -0.25) is 4.79 Å². The van der Waals surface area contributed by atoms with Crippen LogP contribution >= 0.6 is 23.3 Å². The summed E-state index contributed by atoms with van der Waals surface area (Å²) in [4.78, 5) is 26.3. The first-order valence-electron chi connectivity index (χ1n) is 8.97. The number of Topliss-reactive ketones (excluding diaryl/α,β-unsaturated/α-hetero) is 1. The topological polar surface area (TPSA) is 81.2 Å². The highest BCUT2D eigenvalue weighted by molar-refractivity contribution is 8.00. The summed E-state index contributed by atoms with van der Waals surface area (Å²) in [5, 5.41) is 6.96. The quantitative estimate of drug-likeness (QED) is 0.716. The Hall–Kier alpha value is -1.93. The molecule has 1 aromatic heterocycles. The predicted octanol–water partition coefficient (Wildman–Crippen LogP) is 4.35. The number of hydrogen-bond donors (Lipinski definition) is 1. The zero-order chi connectivity index (χ0) is 20.9. The zero-order valence-corrected chi connectivity index (χ0v) is 18.7. The molecule has 0 fully saturated rings.